The lowest BCUT2D eigenvalue weighted by Gasteiger charge is -2.13. The summed E-state index contributed by atoms with van der Waals surface area (Å²) in [5, 5.41) is 1.23. The van der Waals surface area contributed by atoms with Crippen LogP contribution >= 0.6 is 0 Å². The molecule has 8 nitrogen and oxygen atoms in total. The van der Waals surface area contributed by atoms with Crippen LogP contribution in [-0.2, 0) is 0 Å². The Morgan fingerprint density at radius 2 is 0.600 bits per heavy atom. The minimum Gasteiger partial charge on any atom is -0.309 e. The molecule has 4 aromatic heterocycles. The van der Waals surface area contributed by atoms with Gasteiger partial charge >= 0.3 is 0 Å². The monoisotopic (exact) mass is 898 g/mol. The number of hydrogen-bond donors (Lipinski definition) is 0. The van der Waals surface area contributed by atoms with E-state index in [9.17, 15) is 0 Å². The molecule has 0 unspecified atom stereocenters. The fraction of sp³-hybridized carbons (Fsp3) is 0.0161. The van der Waals surface area contributed by atoms with Crippen LogP contribution in [0.2, 0.25) is 0 Å². The van der Waals surface area contributed by atoms with Gasteiger partial charge in [-0.05, 0) is 84.8 Å². The summed E-state index contributed by atoms with van der Waals surface area (Å²) in [4.78, 5) is 25.8. The van der Waals surface area contributed by atoms with Gasteiger partial charge in [0.25, 0.3) is 0 Å². The quantitative estimate of drug-likeness (QED) is 0.144. The number of hydrogen-bond acceptors (Lipinski definition) is 5. The third-order valence-electron chi connectivity index (χ3n) is 13.1. The van der Waals surface area contributed by atoms with Crippen molar-refractivity contribution in [2.24, 2.45) is 0 Å². The summed E-state index contributed by atoms with van der Waals surface area (Å²) in [7, 11) is 0. The summed E-state index contributed by atoms with van der Waals surface area (Å²) in [6.45, 7) is 2.21. The molecule has 70 heavy (non-hydrogen) atoms. The maximum Gasteiger partial charge on any atom is 0.164 e. The predicted octanol–water partition coefficient (Wildman–Crippen LogP) is 14.8. The van der Waals surface area contributed by atoms with Gasteiger partial charge in [-0.25, -0.2) is 24.9 Å². The molecule has 13 rings (SSSR count). The van der Waals surface area contributed by atoms with E-state index in [1.807, 2.05) is 24.3 Å². The van der Waals surface area contributed by atoms with E-state index in [2.05, 4.69) is 233 Å². The third-order valence-corrected chi connectivity index (χ3v) is 13.1. The molecule has 0 fully saturated rings. The van der Waals surface area contributed by atoms with E-state index in [1.165, 1.54) is 16.5 Å². The SMILES string of the molecule is Cc1c(-c2ccc(-c3nc(-c4ccc(-c5nc6ccccc6n5-c5ccccc5)cc4)nc(-c4ccc(-c5nc6ccccc6n5-c5ccccc5)cc4)n3)cc2)n(-c2ccccc2)c2ccccc12. The van der Waals surface area contributed by atoms with E-state index in [1.54, 1.807) is 0 Å². The Morgan fingerprint density at radius 1 is 0.271 bits per heavy atom. The normalized spacial score (nSPS) is 11.5. The van der Waals surface area contributed by atoms with E-state index < -0.39 is 0 Å². The van der Waals surface area contributed by atoms with Gasteiger partial charge in [0.1, 0.15) is 11.6 Å². The Hall–Kier alpha value is -9.53. The predicted molar refractivity (Wildman–Crippen MR) is 283 cm³/mol. The number of imidazole rings is 2. The summed E-state index contributed by atoms with van der Waals surface area (Å²) < 4.78 is 6.79. The third kappa shape index (κ3) is 7.05. The van der Waals surface area contributed by atoms with E-state index in [0.717, 1.165) is 89.9 Å². The van der Waals surface area contributed by atoms with Gasteiger partial charge in [0.2, 0.25) is 0 Å². The number of rotatable bonds is 9. The first-order valence-corrected chi connectivity index (χ1v) is 23.4. The molecule has 0 spiro atoms. The fourth-order valence-corrected chi connectivity index (χ4v) is 9.79. The summed E-state index contributed by atoms with van der Waals surface area (Å²) in [6.07, 6.45) is 0. The Kier molecular flexibility index (Phi) is 9.87. The Balaban J connectivity index is 0.921. The highest BCUT2D eigenvalue weighted by molar-refractivity contribution is 5.94. The van der Waals surface area contributed by atoms with Crippen molar-refractivity contribution in [2.45, 2.75) is 6.92 Å². The number of fused-ring (bicyclic) bond motifs is 3. The van der Waals surface area contributed by atoms with Gasteiger partial charge < -0.3 is 4.57 Å². The number of aryl methyl sites for hydroxylation is 1. The molecule has 4 heterocycles. The molecule has 0 aliphatic rings. The van der Waals surface area contributed by atoms with Crippen molar-refractivity contribution in [3.8, 4) is 85.3 Å². The average molecular weight is 899 g/mol. The van der Waals surface area contributed by atoms with Crippen LogP contribution in [0.1, 0.15) is 5.56 Å². The lowest BCUT2D eigenvalue weighted by molar-refractivity contribution is 1.07. The molecule has 0 saturated heterocycles. The average Bonchev–Trinajstić information content (AvgIpc) is 4.12. The van der Waals surface area contributed by atoms with E-state index in [-0.39, 0.29) is 0 Å². The van der Waals surface area contributed by atoms with Crippen molar-refractivity contribution in [3.05, 3.63) is 242 Å². The zero-order valence-corrected chi connectivity index (χ0v) is 38.1. The molecule has 0 aliphatic heterocycles. The standard InChI is InChI=1S/C62H42N8/c1-41-51-23-11-14-26-54(51)68(48-17-5-2-6-18-48)57(41)42-29-31-43(32-30-42)58-65-59(44-33-37-46(38-34-44)61-63-52-24-12-15-27-55(52)69(61)49-19-7-3-8-20-49)67-60(66-58)45-35-39-47(40-36-45)62-64-53-25-13-16-28-56(53)70(62)50-21-9-4-10-22-50/h2-40H,1H3. The van der Waals surface area contributed by atoms with Crippen LogP contribution in [0.3, 0.4) is 0 Å². The molecule has 0 atom stereocenters. The van der Waals surface area contributed by atoms with Gasteiger partial charge in [-0.15, -0.1) is 0 Å². The zero-order chi connectivity index (χ0) is 46.5. The summed E-state index contributed by atoms with van der Waals surface area (Å²) in [6, 6.07) is 81.8. The number of aromatic nitrogens is 8. The minimum absolute atomic E-state index is 0.571. The molecule has 0 bridgehead atoms. The van der Waals surface area contributed by atoms with Gasteiger partial charge in [0.15, 0.2) is 17.5 Å². The van der Waals surface area contributed by atoms with Crippen molar-refractivity contribution in [3.63, 3.8) is 0 Å². The number of benzene rings is 9. The van der Waals surface area contributed by atoms with E-state index in [4.69, 9.17) is 24.9 Å². The molecule has 0 N–H and O–H groups in total. The lowest BCUT2D eigenvalue weighted by Crippen LogP contribution is -2.01. The van der Waals surface area contributed by atoms with Crippen LogP contribution in [0.5, 0.6) is 0 Å². The Labute approximate surface area is 404 Å². The molecule has 0 amide bonds. The molecular formula is C62H42N8. The van der Waals surface area contributed by atoms with Crippen molar-refractivity contribution >= 4 is 33.0 Å². The second-order valence-corrected chi connectivity index (χ2v) is 17.4. The first-order chi connectivity index (χ1) is 34.6. The second kappa shape index (κ2) is 17.0. The number of nitrogens with zero attached hydrogens (tertiary/aromatic N) is 8. The van der Waals surface area contributed by atoms with Crippen LogP contribution < -0.4 is 0 Å². The highest BCUT2D eigenvalue weighted by atomic mass is 15.1. The zero-order valence-electron chi connectivity index (χ0n) is 38.1. The van der Waals surface area contributed by atoms with Gasteiger partial charge in [-0.1, -0.05) is 170 Å². The topological polar surface area (TPSA) is 79.2 Å². The van der Waals surface area contributed by atoms with E-state index in [0.29, 0.717) is 17.5 Å². The van der Waals surface area contributed by atoms with Gasteiger partial charge in [0, 0.05) is 50.3 Å². The first-order valence-electron chi connectivity index (χ1n) is 23.4. The van der Waals surface area contributed by atoms with Crippen LogP contribution in [0.4, 0.5) is 0 Å². The summed E-state index contributed by atoms with van der Waals surface area (Å²) >= 11 is 0. The van der Waals surface area contributed by atoms with Gasteiger partial charge in [-0.2, -0.15) is 0 Å². The van der Waals surface area contributed by atoms with Crippen molar-refractivity contribution in [1.29, 1.82) is 0 Å². The molecule has 0 radical (unpaired) electrons. The molecule has 9 aromatic carbocycles. The highest BCUT2D eigenvalue weighted by Gasteiger charge is 2.20. The maximum atomic E-state index is 5.19. The molecule has 0 aliphatic carbocycles. The van der Waals surface area contributed by atoms with Gasteiger partial charge in [0.05, 0.1) is 33.3 Å². The fourth-order valence-electron chi connectivity index (χ4n) is 9.79. The Morgan fingerprint density at radius 3 is 1.03 bits per heavy atom. The van der Waals surface area contributed by atoms with Crippen molar-refractivity contribution in [2.75, 3.05) is 0 Å². The molecule has 8 heteroatoms. The maximum absolute atomic E-state index is 5.19. The van der Waals surface area contributed by atoms with E-state index >= 15 is 0 Å². The summed E-state index contributed by atoms with van der Waals surface area (Å²) in [5.74, 6) is 3.44. The van der Waals surface area contributed by atoms with Gasteiger partial charge in [-0.3, -0.25) is 9.13 Å². The first kappa shape index (κ1) is 40.7. The van der Waals surface area contributed by atoms with Crippen LogP contribution in [-0.4, -0.2) is 38.6 Å². The van der Waals surface area contributed by atoms with Crippen LogP contribution in [0.25, 0.3) is 118 Å². The second-order valence-electron chi connectivity index (χ2n) is 17.4. The van der Waals surface area contributed by atoms with Crippen LogP contribution in [0, 0.1) is 6.92 Å². The van der Waals surface area contributed by atoms with Crippen molar-refractivity contribution in [1.82, 2.24) is 38.6 Å². The molecule has 13 aromatic rings. The molecule has 0 saturated carbocycles. The number of para-hydroxylation sites is 8. The van der Waals surface area contributed by atoms with Crippen molar-refractivity contribution < 1.29 is 0 Å². The largest absolute Gasteiger partial charge is 0.309 e. The van der Waals surface area contributed by atoms with Crippen LogP contribution in [0.15, 0.2) is 237 Å². The Bertz CT molecular complexity index is 3840. The molecular weight excluding hydrogens is 857 g/mol. The smallest absolute Gasteiger partial charge is 0.164 e. The minimum atomic E-state index is 0.571. The summed E-state index contributed by atoms with van der Waals surface area (Å²) in [5.41, 5.74) is 16.4. The molecule has 330 valence electrons. The highest BCUT2D eigenvalue weighted by Crippen LogP contribution is 2.38. The lowest BCUT2D eigenvalue weighted by atomic mass is 10.0.